The van der Waals surface area contributed by atoms with Gasteiger partial charge in [0.15, 0.2) is 0 Å². The number of nitrogens with two attached hydrogens (primary N) is 1. The van der Waals surface area contributed by atoms with Crippen LogP contribution in [0.25, 0.3) is 0 Å². The topological polar surface area (TPSA) is 52.3 Å². The molecular weight excluding hydrogens is 262 g/mol. The molecule has 126 valence electrons. The highest BCUT2D eigenvalue weighted by Gasteiger charge is 2.01. The minimum absolute atomic E-state index is 0.0615. The SMILES string of the molecule is CC(C)CCCCCCCCCCOC(=O)CCCCN. The van der Waals surface area contributed by atoms with Gasteiger partial charge < -0.3 is 10.5 Å². The standard InChI is InChI=1S/C18H37NO2/c1-17(2)13-9-7-5-3-4-6-8-12-16-21-18(20)14-10-11-15-19/h17H,3-16,19H2,1-2H3. The van der Waals surface area contributed by atoms with Crippen molar-refractivity contribution in [3.8, 4) is 0 Å². The molecule has 0 rings (SSSR count). The molecule has 0 unspecified atom stereocenters. The second-order valence-corrected chi connectivity index (χ2v) is 6.48. The number of esters is 1. The van der Waals surface area contributed by atoms with Gasteiger partial charge in [-0.3, -0.25) is 4.79 Å². The highest BCUT2D eigenvalue weighted by atomic mass is 16.5. The normalized spacial score (nSPS) is 11.0. The van der Waals surface area contributed by atoms with Gasteiger partial charge in [-0.25, -0.2) is 0 Å². The molecule has 0 atom stereocenters. The Morgan fingerprint density at radius 3 is 2.00 bits per heavy atom. The summed E-state index contributed by atoms with van der Waals surface area (Å²) in [7, 11) is 0. The zero-order valence-corrected chi connectivity index (χ0v) is 14.4. The Labute approximate surface area is 132 Å². The van der Waals surface area contributed by atoms with E-state index in [0.717, 1.165) is 25.2 Å². The quantitative estimate of drug-likeness (QED) is 0.348. The van der Waals surface area contributed by atoms with Gasteiger partial charge in [-0.15, -0.1) is 0 Å². The summed E-state index contributed by atoms with van der Waals surface area (Å²) in [5, 5.41) is 0. The zero-order chi connectivity index (χ0) is 15.8. The molecule has 0 fully saturated rings. The Bertz CT molecular complexity index is 229. The van der Waals surface area contributed by atoms with Crippen molar-refractivity contribution in [2.75, 3.05) is 13.2 Å². The van der Waals surface area contributed by atoms with Crippen molar-refractivity contribution < 1.29 is 9.53 Å². The molecule has 0 heterocycles. The molecular formula is C18H37NO2. The summed E-state index contributed by atoms with van der Waals surface area (Å²) in [6.07, 6.45) is 14.0. The summed E-state index contributed by atoms with van der Waals surface area (Å²) in [6.45, 7) is 5.84. The van der Waals surface area contributed by atoms with Crippen molar-refractivity contribution in [2.24, 2.45) is 11.7 Å². The molecule has 0 saturated carbocycles. The number of hydrogen-bond donors (Lipinski definition) is 1. The van der Waals surface area contributed by atoms with E-state index in [1.165, 1.54) is 51.4 Å². The van der Waals surface area contributed by atoms with Crippen LogP contribution < -0.4 is 5.73 Å². The van der Waals surface area contributed by atoms with Crippen molar-refractivity contribution in [3.05, 3.63) is 0 Å². The third-order valence-corrected chi connectivity index (χ3v) is 3.77. The predicted molar refractivity (Wildman–Crippen MR) is 90.3 cm³/mol. The molecule has 3 nitrogen and oxygen atoms in total. The average Bonchev–Trinajstić information content (AvgIpc) is 2.44. The molecule has 0 aliphatic heterocycles. The Morgan fingerprint density at radius 2 is 1.43 bits per heavy atom. The Kier molecular flexibility index (Phi) is 15.4. The lowest BCUT2D eigenvalue weighted by molar-refractivity contribution is -0.143. The van der Waals surface area contributed by atoms with Crippen LogP contribution in [0, 0.1) is 5.92 Å². The van der Waals surface area contributed by atoms with Crippen LogP contribution in [-0.2, 0) is 9.53 Å². The van der Waals surface area contributed by atoms with Crippen LogP contribution >= 0.6 is 0 Å². The molecule has 0 saturated heterocycles. The first-order valence-corrected chi connectivity index (χ1v) is 9.02. The number of rotatable bonds is 15. The molecule has 3 heteroatoms. The molecule has 2 N–H and O–H groups in total. The minimum atomic E-state index is -0.0615. The van der Waals surface area contributed by atoms with Gasteiger partial charge in [-0.2, -0.15) is 0 Å². The van der Waals surface area contributed by atoms with Gasteiger partial charge in [-0.1, -0.05) is 65.2 Å². The van der Waals surface area contributed by atoms with Crippen LogP contribution in [0.3, 0.4) is 0 Å². The van der Waals surface area contributed by atoms with E-state index in [1.807, 2.05) is 0 Å². The number of carbonyl (C=O) groups is 1. The lowest BCUT2D eigenvalue weighted by atomic mass is 10.0. The maximum Gasteiger partial charge on any atom is 0.305 e. The first kappa shape index (κ1) is 20.4. The maximum atomic E-state index is 11.3. The third-order valence-electron chi connectivity index (χ3n) is 3.77. The van der Waals surface area contributed by atoms with Crippen LogP contribution in [0.5, 0.6) is 0 Å². The Balaban J connectivity index is 3.10. The minimum Gasteiger partial charge on any atom is -0.466 e. The lowest BCUT2D eigenvalue weighted by Crippen LogP contribution is -2.07. The number of carbonyl (C=O) groups excluding carboxylic acids is 1. The van der Waals surface area contributed by atoms with Gasteiger partial charge >= 0.3 is 5.97 Å². The van der Waals surface area contributed by atoms with E-state index in [4.69, 9.17) is 10.5 Å². The fourth-order valence-corrected chi connectivity index (χ4v) is 2.39. The molecule has 0 aromatic rings. The molecule has 0 radical (unpaired) electrons. The molecule has 21 heavy (non-hydrogen) atoms. The summed E-state index contributed by atoms with van der Waals surface area (Å²) in [6, 6.07) is 0. The summed E-state index contributed by atoms with van der Waals surface area (Å²) in [5.74, 6) is 0.789. The van der Waals surface area contributed by atoms with Gasteiger partial charge in [0.25, 0.3) is 0 Å². The van der Waals surface area contributed by atoms with E-state index >= 15 is 0 Å². The second kappa shape index (κ2) is 15.8. The van der Waals surface area contributed by atoms with Crippen molar-refractivity contribution in [1.29, 1.82) is 0 Å². The summed E-state index contributed by atoms with van der Waals surface area (Å²) >= 11 is 0. The number of ether oxygens (including phenoxy) is 1. The molecule has 0 aliphatic rings. The summed E-state index contributed by atoms with van der Waals surface area (Å²) in [4.78, 5) is 11.3. The third kappa shape index (κ3) is 17.4. The molecule has 0 spiro atoms. The first-order valence-electron chi connectivity index (χ1n) is 9.02. The second-order valence-electron chi connectivity index (χ2n) is 6.48. The van der Waals surface area contributed by atoms with Crippen LogP contribution in [0.2, 0.25) is 0 Å². The lowest BCUT2D eigenvalue weighted by Gasteiger charge is -2.05. The molecule has 0 bridgehead atoms. The van der Waals surface area contributed by atoms with Gasteiger partial charge in [0.05, 0.1) is 6.61 Å². The van der Waals surface area contributed by atoms with E-state index in [2.05, 4.69) is 13.8 Å². The van der Waals surface area contributed by atoms with Crippen molar-refractivity contribution in [3.63, 3.8) is 0 Å². The van der Waals surface area contributed by atoms with Gasteiger partial charge in [0.1, 0.15) is 0 Å². The molecule has 0 aliphatic carbocycles. The molecule has 0 amide bonds. The fraction of sp³-hybridized carbons (Fsp3) is 0.944. The van der Waals surface area contributed by atoms with E-state index in [-0.39, 0.29) is 5.97 Å². The molecule has 0 aromatic carbocycles. The predicted octanol–water partition coefficient (Wildman–Crippen LogP) is 4.83. The summed E-state index contributed by atoms with van der Waals surface area (Å²) in [5.41, 5.74) is 5.38. The fourth-order valence-electron chi connectivity index (χ4n) is 2.39. The monoisotopic (exact) mass is 299 g/mol. The Morgan fingerprint density at radius 1 is 0.857 bits per heavy atom. The smallest absolute Gasteiger partial charge is 0.305 e. The van der Waals surface area contributed by atoms with Crippen LogP contribution in [0.15, 0.2) is 0 Å². The highest BCUT2D eigenvalue weighted by molar-refractivity contribution is 5.69. The zero-order valence-electron chi connectivity index (χ0n) is 14.4. The van der Waals surface area contributed by atoms with E-state index < -0.39 is 0 Å². The van der Waals surface area contributed by atoms with Gasteiger partial charge in [-0.05, 0) is 31.7 Å². The number of hydrogen-bond acceptors (Lipinski definition) is 3. The van der Waals surface area contributed by atoms with E-state index in [9.17, 15) is 4.79 Å². The van der Waals surface area contributed by atoms with Crippen LogP contribution in [-0.4, -0.2) is 19.1 Å². The maximum absolute atomic E-state index is 11.3. The van der Waals surface area contributed by atoms with Gasteiger partial charge in [0.2, 0.25) is 0 Å². The van der Waals surface area contributed by atoms with E-state index in [1.54, 1.807) is 0 Å². The highest BCUT2D eigenvalue weighted by Crippen LogP contribution is 2.12. The van der Waals surface area contributed by atoms with Crippen LogP contribution in [0.1, 0.15) is 90.9 Å². The van der Waals surface area contributed by atoms with Crippen molar-refractivity contribution in [1.82, 2.24) is 0 Å². The van der Waals surface area contributed by atoms with Crippen molar-refractivity contribution in [2.45, 2.75) is 90.9 Å². The van der Waals surface area contributed by atoms with Crippen molar-refractivity contribution >= 4 is 5.97 Å². The largest absolute Gasteiger partial charge is 0.466 e. The first-order chi connectivity index (χ1) is 10.2. The Hall–Kier alpha value is -0.570. The average molecular weight is 299 g/mol. The van der Waals surface area contributed by atoms with Crippen LogP contribution in [0.4, 0.5) is 0 Å². The van der Waals surface area contributed by atoms with E-state index in [0.29, 0.717) is 19.6 Å². The number of unbranched alkanes of at least 4 members (excludes halogenated alkanes) is 8. The van der Waals surface area contributed by atoms with Gasteiger partial charge in [0, 0.05) is 6.42 Å². The molecule has 0 aromatic heterocycles. The summed E-state index contributed by atoms with van der Waals surface area (Å²) < 4.78 is 5.19.